The summed E-state index contributed by atoms with van der Waals surface area (Å²) in [5.41, 5.74) is 1.48. The molecular weight excluding hydrogens is 360 g/mol. The molecule has 26 heavy (non-hydrogen) atoms. The number of ether oxygens (including phenoxy) is 2. The van der Waals surface area contributed by atoms with Crippen molar-refractivity contribution in [1.82, 2.24) is 5.32 Å². The predicted octanol–water partition coefficient (Wildman–Crippen LogP) is 3.35. The third-order valence-electron chi connectivity index (χ3n) is 3.65. The summed E-state index contributed by atoms with van der Waals surface area (Å²) in [6.07, 6.45) is 2.94. The van der Waals surface area contributed by atoms with Crippen LogP contribution in [0.1, 0.15) is 11.1 Å². The molecule has 0 radical (unpaired) electrons. The number of hydrogen-bond acceptors (Lipinski definition) is 5. The highest BCUT2D eigenvalue weighted by atomic mass is 35.5. The quantitative estimate of drug-likeness (QED) is 0.492. The average molecular weight is 375 g/mol. The molecule has 7 nitrogen and oxygen atoms in total. The standard InChI is InChI=1S/C18H15ClN2O5/c19-15-9-13(10-16-18(15)26-8-7-25-16)11-20-17(22)6-3-12-1-4-14(5-2-12)21(23)24/h1-6,9-10H,7-8,11H2,(H,20,22)/b6-3+. The number of rotatable bonds is 5. The van der Waals surface area contributed by atoms with Gasteiger partial charge in [0.1, 0.15) is 13.2 Å². The Labute approximate surface area is 154 Å². The first-order chi connectivity index (χ1) is 12.5. The Bertz CT molecular complexity index is 865. The van der Waals surface area contributed by atoms with Crippen molar-refractivity contribution < 1.29 is 19.2 Å². The highest BCUT2D eigenvalue weighted by Crippen LogP contribution is 2.38. The maximum atomic E-state index is 11.9. The zero-order chi connectivity index (χ0) is 18.5. The summed E-state index contributed by atoms with van der Waals surface area (Å²) in [6, 6.07) is 9.41. The van der Waals surface area contributed by atoms with Crippen molar-refractivity contribution in [2.24, 2.45) is 0 Å². The average Bonchev–Trinajstić information content (AvgIpc) is 2.65. The van der Waals surface area contributed by atoms with Crippen molar-refractivity contribution in [3.05, 3.63) is 68.7 Å². The maximum Gasteiger partial charge on any atom is 0.269 e. The van der Waals surface area contributed by atoms with Crippen LogP contribution < -0.4 is 14.8 Å². The molecule has 1 N–H and O–H groups in total. The van der Waals surface area contributed by atoms with Crippen LogP contribution in [0.15, 0.2) is 42.5 Å². The van der Waals surface area contributed by atoms with Crippen molar-refractivity contribution in [3.63, 3.8) is 0 Å². The Morgan fingerprint density at radius 1 is 1.23 bits per heavy atom. The SMILES string of the molecule is O=C(/C=C/c1ccc([N+](=O)[O-])cc1)NCc1cc(Cl)c2c(c1)OCCO2. The molecule has 1 heterocycles. The number of carbonyl (C=O) groups excluding carboxylic acids is 1. The van der Waals surface area contributed by atoms with E-state index >= 15 is 0 Å². The molecule has 0 spiro atoms. The molecule has 2 aromatic carbocycles. The van der Waals surface area contributed by atoms with E-state index in [1.165, 1.54) is 18.2 Å². The largest absolute Gasteiger partial charge is 0.486 e. The van der Waals surface area contributed by atoms with E-state index in [4.69, 9.17) is 21.1 Å². The van der Waals surface area contributed by atoms with E-state index in [1.54, 1.807) is 30.3 Å². The monoisotopic (exact) mass is 374 g/mol. The van der Waals surface area contributed by atoms with Crippen molar-refractivity contribution in [3.8, 4) is 11.5 Å². The molecule has 1 amide bonds. The number of fused-ring (bicyclic) bond motifs is 1. The normalized spacial score (nSPS) is 12.8. The van der Waals surface area contributed by atoms with Crippen LogP contribution in [-0.2, 0) is 11.3 Å². The van der Waals surface area contributed by atoms with Crippen LogP contribution in [0.5, 0.6) is 11.5 Å². The van der Waals surface area contributed by atoms with Gasteiger partial charge >= 0.3 is 0 Å². The molecule has 0 aliphatic carbocycles. The first-order valence-electron chi connectivity index (χ1n) is 7.81. The summed E-state index contributed by atoms with van der Waals surface area (Å²) >= 11 is 6.16. The summed E-state index contributed by atoms with van der Waals surface area (Å²) in [5, 5.41) is 13.8. The lowest BCUT2D eigenvalue weighted by Crippen LogP contribution is -2.21. The van der Waals surface area contributed by atoms with Gasteiger partial charge in [0.25, 0.3) is 5.69 Å². The van der Waals surface area contributed by atoms with Gasteiger partial charge in [0.05, 0.1) is 9.95 Å². The minimum Gasteiger partial charge on any atom is -0.486 e. The van der Waals surface area contributed by atoms with Gasteiger partial charge in [0.15, 0.2) is 11.5 Å². The number of nitro benzene ring substituents is 1. The van der Waals surface area contributed by atoms with Gasteiger partial charge in [0.2, 0.25) is 5.91 Å². The van der Waals surface area contributed by atoms with Crippen LogP contribution in [0.25, 0.3) is 6.08 Å². The lowest BCUT2D eigenvalue weighted by molar-refractivity contribution is -0.384. The summed E-state index contributed by atoms with van der Waals surface area (Å²) in [4.78, 5) is 22.1. The molecule has 1 aliphatic heterocycles. The lowest BCUT2D eigenvalue weighted by atomic mass is 10.2. The first-order valence-corrected chi connectivity index (χ1v) is 8.19. The van der Waals surface area contributed by atoms with Gasteiger partial charge in [-0.1, -0.05) is 11.6 Å². The molecule has 134 valence electrons. The highest BCUT2D eigenvalue weighted by molar-refractivity contribution is 6.32. The third kappa shape index (κ3) is 4.31. The number of non-ortho nitro benzene ring substituents is 1. The molecule has 0 unspecified atom stereocenters. The minimum absolute atomic E-state index is 0.00193. The van der Waals surface area contributed by atoms with E-state index < -0.39 is 4.92 Å². The molecule has 2 aromatic rings. The Kier molecular flexibility index (Phi) is 5.38. The Hall–Kier alpha value is -3.06. The van der Waals surface area contributed by atoms with E-state index in [0.29, 0.717) is 35.3 Å². The van der Waals surface area contributed by atoms with Crippen LogP contribution in [0, 0.1) is 10.1 Å². The smallest absolute Gasteiger partial charge is 0.269 e. The van der Waals surface area contributed by atoms with Crippen LogP contribution >= 0.6 is 11.6 Å². The number of carbonyl (C=O) groups is 1. The molecule has 0 saturated heterocycles. The zero-order valence-electron chi connectivity index (χ0n) is 13.6. The van der Waals surface area contributed by atoms with Crippen LogP contribution in [0.3, 0.4) is 0 Å². The molecule has 0 fully saturated rings. The fraction of sp³-hybridized carbons (Fsp3) is 0.167. The number of hydrogen-bond donors (Lipinski definition) is 1. The van der Waals surface area contributed by atoms with Crippen LogP contribution in [0.4, 0.5) is 5.69 Å². The van der Waals surface area contributed by atoms with Gasteiger partial charge in [-0.05, 0) is 41.5 Å². The highest BCUT2D eigenvalue weighted by Gasteiger charge is 2.16. The molecule has 0 atom stereocenters. The van der Waals surface area contributed by atoms with Crippen molar-refractivity contribution in [1.29, 1.82) is 0 Å². The molecule has 1 aliphatic rings. The van der Waals surface area contributed by atoms with E-state index in [1.807, 2.05) is 0 Å². The Balaban J connectivity index is 1.58. The Morgan fingerprint density at radius 3 is 2.69 bits per heavy atom. The molecule has 0 aromatic heterocycles. The second-order valence-electron chi connectivity index (χ2n) is 5.50. The molecule has 0 saturated carbocycles. The van der Waals surface area contributed by atoms with Crippen molar-refractivity contribution >= 4 is 29.3 Å². The second kappa shape index (κ2) is 7.88. The first kappa shape index (κ1) is 17.8. The van der Waals surface area contributed by atoms with Crippen molar-refractivity contribution in [2.45, 2.75) is 6.54 Å². The molecule has 3 rings (SSSR count). The number of amides is 1. The van der Waals surface area contributed by atoms with Gasteiger partial charge in [-0.15, -0.1) is 0 Å². The van der Waals surface area contributed by atoms with Gasteiger partial charge in [-0.3, -0.25) is 14.9 Å². The lowest BCUT2D eigenvalue weighted by Gasteiger charge is -2.20. The van der Waals surface area contributed by atoms with Gasteiger partial charge in [0, 0.05) is 24.8 Å². The Morgan fingerprint density at radius 2 is 1.96 bits per heavy atom. The fourth-order valence-corrected chi connectivity index (χ4v) is 2.68. The second-order valence-corrected chi connectivity index (χ2v) is 5.91. The number of nitro groups is 1. The zero-order valence-corrected chi connectivity index (χ0v) is 14.4. The van der Waals surface area contributed by atoms with Gasteiger partial charge in [-0.25, -0.2) is 0 Å². The number of benzene rings is 2. The minimum atomic E-state index is -0.474. The van der Waals surface area contributed by atoms with Crippen LogP contribution in [-0.4, -0.2) is 24.0 Å². The van der Waals surface area contributed by atoms with E-state index in [2.05, 4.69) is 5.32 Å². The van der Waals surface area contributed by atoms with E-state index in [0.717, 1.165) is 5.56 Å². The number of halogens is 1. The predicted molar refractivity (Wildman–Crippen MR) is 96.4 cm³/mol. The molecular formula is C18H15ClN2O5. The van der Waals surface area contributed by atoms with Crippen LogP contribution in [0.2, 0.25) is 5.02 Å². The number of nitrogens with one attached hydrogen (secondary N) is 1. The molecule has 8 heteroatoms. The number of nitrogens with zero attached hydrogens (tertiary/aromatic N) is 1. The van der Waals surface area contributed by atoms with Crippen molar-refractivity contribution in [2.75, 3.05) is 13.2 Å². The third-order valence-corrected chi connectivity index (χ3v) is 3.94. The summed E-state index contributed by atoms with van der Waals surface area (Å²) in [5.74, 6) is 0.787. The maximum absolute atomic E-state index is 11.9. The van der Waals surface area contributed by atoms with Gasteiger partial charge in [-0.2, -0.15) is 0 Å². The van der Waals surface area contributed by atoms with E-state index in [-0.39, 0.29) is 18.1 Å². The summed E-state index contributed by atoms with van der Waals surface area (Å²) < 4.78 is 10.9. The summed E-state index contributed by atoms with van der Waals surface area (Å²) in [6.45, 7) is 1.19. The topological polar surface area (TPSA) is 90.7 Å². The van der Waals surface area contributed by atoms with E-state index in [9.17, 15) is 14.9 Å². The molecule has 0 bridgehead atoms. The summed E-state index contributed by atoms with van der Waals surface area (Å²) in [7, 11) is 0. The fourth-order valence-electron chi connectivity index (χ4n) is 2.39. The van der Waals surface area contributed by atoms with Gasteiger partial charge < -0.3 is 14.8 Å².